The van der Waals surface area contributed by atoms with Crippen LogP contribution in [0.2, 0.25) is 15.1 Å². The summed E-state index contributed by atoms with van der Waals surface area (Å²) in [6.07, 6.45) is 2.49. The van der Waals surface area contributed by atoms with Crippen molar-refractivity contribution in [2.24, 2.45) is 0 Å². The maximum absolute atomic E-state index is 13.9. The number of fused-ring (bicyclic) bond motifs is 2. The summed E-state index contributed by atoms with van der Waals surface area (Å²) in [6.45, 7) is 1.66. The summed E-state index contributed by atoms with van der Waals surface area (Å²) in [6, 6.07) is 10.8. The highest BCUT2D eigenvalue weighted by Crippen LogP contribution is 2.36. The lowest BCUT2D eigenvalue weighted by atomic mass is 10.2. The van der Waals surface area contributed by atoms with Gasteiger partial charge in [-0.15, -0.1) is 0 Å². The Kier molecular flexibility index (Phi) is 9.81. The topological polar surface area (TPSA) is 133 Å². The number of hydrogen-bond acceptors (Lipinski definition) is 5. The third kappa shape index (κ3) is 7.00. The molecule has 48 heavy (non-hydrogen) atoms. The highest BCUT2D eigenvalue weighted by molar-refractivity contribution is 7.93. The number of aryl methyl sites for hydroxylation is 1. The molecule has 4 N–H and O–H groups in total. The van der Waals surface area contributed by atoms with Crippen molar-refractivity contribution in [2.75, 3.05) is 16.6 Å². The van der Waals surface area contributed by atoms with Crippen molar-refractivity contribution in [3.05, 3.63) is 111 Å². The van der Waals surface area contributed by atoms with Crippen LogP contribution in [-0.4, -0.2) is 33.9 Å². The number of hydrogen-bond donors (Lipinski definition) is 4. The quantitative estimate of drug-likeness (QED) is 0.0954. The van der Waals surface area contributed by atoms with Crippen LogP contribution in [0.1, 0.15) is 5.56 Å². The molecule has 252 valence electrons. The molecule has 9 nitrogen and oxygen atoms in total. The summed E-state index contributed by atoms with van der Waals surface area (Å²) >= 11 is 17.7. The molecule has 0 radical (unpaired) electrons. The smallest absolute Gasteiger partial charge is 0.264 e. The molecule has 0 aliphatic rings. The maximum Gasteiger partial charge on any atom is 0.264 e. The van der Waals surface area contributed by atoms with Gasteiger partial charge in [0.2, 0.25) is 0 Å². The summed E-state index contributed by atoms with van der Waals surface area (Å²) < 4.78 is 113. The molecule has 6 rings (SSSR count). The molecular formula is C30H21Cl3F4N4O5S2. The Labute approximate surface area is 285 Å². The molecule has 4 aromatic carbocycles. The van der Waals surface area contributed by atoms with E-state index < -0.39 is 49.0 Å². The minimum Gasteiger partial charge on any atom is -0.493 e. The Bertz CT molecular complexity index is 2440. The van der Waals surface area contributed by atoms with E-state index in [0.29, 0.717) is 33.1 Å². The van der Waals surface area contributed by atoms with Crippen LogP contribution in [0.25, 0.3) is 21.8 Å². The molecule has 18 heteroatoms. The van der Waals surface area contributed by atoms with Crippen LogP contribution in [0.4, 0.5) is 28.9 Å². The largest absolute Gasteiger partial charge is 0.493 e. The summed E-state index contributed by atoms with van der Waals surface area (Å²) in [5.74, 6) is -4.56. The summed E-state index contributed by atoms with van der Waals surface area (Å²) in [5, 5.41) is 1.67. The number of rotatable bonds is 7. The number of H-pyrrole nitrogens is 2. The van der Waals surface area contributed by atoms with E-state index in [-0.39, 0.29) is 42.7 Å². The van der Waals surface area contributed by atoms with Gasteiger partial charge in [-0.05, 0) is 55.0 Å². The highest BCUT2D eigenvalue weighted by atomic mass is 35.5. The fraction of sp³-hybridized carbons (Fsp3) is 0.0667. The SMILES string of the molecule is COc1c(Cl)ccc2c(S(=O)(=O)Nc3cc(F)c(F)cc3F)c[nH]c12.Cc1cc(NS(=O)(=O)c2c[nH]c3cc(Cl)ccc23)c(F)cc1Cl. The molecule has 0 aliphatic carbocycles. The zero-order chi connectivity index (χ0) is 35.1. The van der Waals surface area contributed by atoms with Crippen LogP contribution >= 0.6 is 34.8 Å². The van der Waals surface area contributed by atoms with Crippen molar-refractivity contribution in [2.45, 2.75) is 16.7 Å². The number of halogens is 7. The minimum atomic E-state index is -4.30. The van der Waals surface area contributed by atoms with E-state index in [0.717, 1.165) is 12.3 Å². The van der Waals surface area contributed by atoms with Crippen LogP contribution in [0.15, 0.2) is 76.8 Å². The fourth-order valence-electron chi connectivity index (χ4n) is 4.57. The van der Waals surface area contributed by atoms with Gasteiger partial charge in [-0.2, -0.15) is 0 Å². The van der Waals surface area contributed by atoms with Crippen LogP contribution in [0.5, 0.6) is 5.75 Å². The molecule has 0 spiro atoms. The average Bonchev–Trinajstić information content (AvgIpc) is 3.64. The van der Waals surface area contributed by atoms with E-state index in [1.54, 1.807) is 25.1 Å². The second-order valence-electron chi connectivity index (χ2n) is 10.0. The molecule has 6 aromatic rings. The van der Waals surface area contributed by atoms with Gasteiger partial charge in [-0.3, -0.25) is 9.44 Å². The van der Waals surface area contributed by atoms with Gasteiger partial charge in [-0.25, -0.2) is 34.4 Å². The standard InChI is InChI=1S/C15H11Cl2FN2O2S.C15H10ClF3N2O3S/c1-8-4-14(12(18)6-11(8)17)20-23(21,22)15-7-19-13-5-9(16)2-3-10(13)15;1-24-15-8(16)3-2-7-13(6-20-14(7)15)25(22,23)21-12-5-10(18)9(17)4-11(12)19/h2-7,19-20H,1H3;2-6,20-21H,1H3. The Morgan fingerprint density at radius 3 is 1.90 bits per heavy atom. The highest BCUT2D eigenvalue weighted by Gasteiger charge is 2.24. The first-order valence-electron chi connectivity index (χ1n) is 13.3. The lowest BCUT2D eigenvalue weighted by Crippen LogP contribution is -2.14. The lowest BCUT2D eigenvalue weighted by Gasteiger charge is -2.10. The Morgan fingerprint density at radius 1 is 0.667 bits per heavy atom. The van der Waals surface area contributed by atoms with E-state index in [4.69, 9.17) is 39.5 Å². The number of methoxy groups -OCH3 is 1. The van der Waals surface area contributed by atoms with Gasteiger partial charge < -0.3 is 14.7 Å². The summed E-state index contributed by atoms with van der Waals surface area (Å²) in [4.78, 5) is 5.33. The average molecular weight is 764 g/mol. The molecule has 0 saturated heterocycles. The van der Waals surface area contributed by atoms with Gasteiger partial charge in [0, 0.05) is 50.9 Å². The fourth-order valence-corrected chi connectivity index (χ4v) is 7.60. The van der Waals surface area contributed by atoms with E-state index in [1.165, 1.54) is 31.5 Å². The third-order valence-electron chi connectivity index (χ3n) is 6.86. The first kappa shape index (κ1) is 35.2. The number of anilines is 2. The molecule has 0 aliphatic heterocycles. The van der Waals surface area contributed by atoms with Gasteiger partial charge in [0.25, 0.3) is 20.0 Å². The van der Waals surface area contributed by atoms with Crippen molar-refractivity contribution < 1.29 is 39.1 Å². The predicted molar refractivity (Wildman–Crippen MR) is 177 cm³/mol. The molecule has 2 heterocycles. The van der Waals surface area contributed by atoms with E-state index >= 15 is 0 Å². The van der Waals surface area contributed by atoms with Crippen molar-refractivity contribution in [1.82, 2.24) is 9.97 Å². The van der Waals surface area contributed by atoms with Crippen LogP contribution < -0.4 is 14.2 Å². The van der Waals surface area contributed by atoms with E-state index in [2.05, 4.69) is 14.7 Å². The first-order chi connectivity index (χ1) is 22.5. The minimum absolute atomic E-state index is 0.0103. The Balaban J connectivity index is 0.000000188. The lowest BCUT2D eigenvalue weighted by molar-refractivity contribution is 0.419. The monoisotopic (exact) mass is 762 g/mol. The second kappa shape index (κ2) is 13.4. The van der Waals surface area contributed by atoms with Crippen molar-refractivity contribution in [3.63, 3.8) is 0 Å². The second-order valence-corrected chi connectivity index (χ2v) is 14.6. The zero-order valence-corrected chi connectivity index (χ0v) is 28.3. The van der Waals surface area contributed by atoms with Crippen LogP contribution in [0, 0.1) is 30.2 Å². The number of ether oxygens (including phenoxy) is 1. The van der Waals surface area contributed by atoms with Gasteiger partial charge in [0.15, 0.2) is 17.4 Å². The van der Waals surface area contributed by atoms with E-state index in [1.807, 2.05) is 4.72 Å². The molecule has 0 saturated carbocycles. The molecule has 0 fully saturated rings. The molecule has 0 bridgehead atoms. The van der Waals surface area contributed by atoms with Gasteiger partial charge >= 0.3 is 0 Å². The van der Waals surface area contributed by atoms with Crippen LogP contribution in [-0.2, 0) is 20.0 Å². The third-order valence-corrected chi connectivity index (χ3v) is 10.6. The number of benzene rings is 4. The summed E-state index contributed by atoms with van der Waals surface area (Å²) in [7, 11) is -6.90. The number of aromatic amines is 2. The first-order valence-corrected chi connectivity index (χ1v) is 17.4. The number of sulfonamides is 2. The van der Waals surface area contributed by atoms with Gasteiger partial charge in [0.1, 0.15) is 21.4 Å². The number of nitrogens with one attached hydrogen (secondary N) is 4. The normalized spacial score (nSPS) is 11.8. The van der Waals surface area contributed by atoms with Crippen molar-refractivity contribution in [1.29, 1.82) is 0 Å². The van der Waals surface area contributed by atoms with Crippen LogP contribution in [0.3, 0.4) is 0 Å². The zero-order valence-electron chi connectivity index (χ0n) is 24.4. The summed E-state index contributed by atoms with van der Waals surface area (Å²) in [5.41, 5.74) is 0.590. The molecular weight excluding hydrogens is 743 g/mol. The predicted octanol–water partition coefficient (Wildman–Crippen LogP) is 8.77. The Morgan fingerprint density at radius 2 is 1.23 bits per heavy atom. The van der Waals surface area contributed by atoms with E-state index in [9.17, 15) is 34.4 Å². The Hall–Kier alpha value is -4.15. The molecule has 0 amide bonds. The van der Waals surface area contributed by atoms with Crippen molar-refractivity contribution >= 4 is 88.0 Å². The molecule has 2 aromatic heterocycles. The maximum atomic E-state index is 13.9. The van der Waals surface area contributed by atoms with Gasteiger partial charge in [0.05, 0.1) is 29.0 Å². The van der Waals surface area contributed by atoms with Gasteiger partial charge in [-0.1, -0.05) is 34.8 Å². The molecule has 0 unspecified atom stereocenters. The number of aromatic nitrogens is 2. The van der Waals surface area contributed by atoms with Crippen molar-refractivity contribution in [3.8, 4) is 5.75 Å². The molecule has 0 atom stereocenters.